The summed E-state index contributed by atoms with van der Waals surface area (Å²) in [7, 11) is 0. The molecule has 19 heavy (non-hydrogen) atoms. The van der Waals surface area contributed by atoms with E-state index in [2.05, 4.69) is 39.6 Å². The Morgan fingerprint density at radius 3 is 2.47 bits per heavy atom. The summed E-state index contributed by atoms with van der Waals surface area (Å²) in [5.41, 5.74) is 14.0. The molecule has 4 N–H and O–H groups in total. The molecule has 0 atom stereocenters. The van der Waals surface area contributed by atoms with Crippen molar-refractivity contribution in [3.8, 4) is 11.3 Å². The number of guanidine groups is 1. The summed E-state index contributed by atoms with van der Waals surface area (Å²) >= 11 is 1.66. The first-order chi connectivity index (χ1) is 8.65. The van der Waals surface area contributed by atoms with Gasteiger partial charge in [-0.3, -0.25) is 4.99 Å². The van der Waals surface area contributed by atoms with E-state index in [0.29, 0.717) is 6.54 Å². The first-order valence-corrected chi connectivity index (χ1v) is 6.60. The molecular weight excluding hydrogens is 371 g/mol. The summed E-state index contributed by atoms with van der Waals surface area (Å²) in [6.07, 6.45) is 0.842. The fourth-order valence-corrected chi connectivity index (χ4v) is 2.27. The fraction of sp³-hybridized carbons (Fsp3) is 0.231. The van der Waals surface area contributed by atoms with Gasteiger partial charge in [-0.05, 0) is 18.9 Å². The third-order valence-corrected chi connectivity index (χ3v) is 3.34. The van der Waals surface area contributed by atoms with Crippen LogP contribution >= 0.6 is 35.3 Å². The Hall–Kier alpha value is -1.15. The minimum absolute atomic E-state index is 0. The molecule has 0 unspecified atom stereocenters. The van der Waals surface area contributed by atoms with Crippen molar-refractivity contribution < 1.29 is 0 Å². The summed E-state index contributed by atoms with van der Waals surface area (Å²) in [5, 5.41) is 3.16. The highest BCUT2D eigenvalue weighted by Crippen LogP contribution is 2.21. The summed E-state index contributed by atoms with van der Waals surface area (Å²) in [6.45, 7) is 2.63. The molecule has 4 nitrogen and oxygen atoms in total. The first-order valence-electron chi connectivity index (χ1n) is 5.72. The molecule has 0 aliphatic carbocycles. The number of hydrogen-bond acceptors (Lipinski definition) is 3. The zero-order valence-corrected chi connectivity index (χ0v) is 13.8. The number of benzene rings is 1. The van der Waals surface area contributed by atoms with Gasteiger partial charge in [0.1, 0.15) is 0 Å². The number of nitrogens with two attached hydrogens (primary N) is 2. The molecule has 0 saturated heterocycles. The Labute approximate surface area is 134 Å². The van der Waals surface area contributed by atoms with Crippen LogP contribution in [0.25, 0.3) is 11.3 Å². The number of nitrogens with zero attached hydrogens (tertiary/aromatic N) is 2. The van der Waals surface area contributed by atoms with E-state index in [1.54, 1.807) is 11.3 Å². The van der Waals surface area contributed by atoms with Crippen LogP contribution < -0.4 is 11.5 Å². The number of thiazole rings is 1. The molecule has 0 fully saturated rings. The van der Waals surface area contributed by atoms with Crippen molar-refractivity contribution in [2.75, 3.05) is 6.54 Å². The third kappa shape index (κ3) is 4.79. The topological polar surface area (TPSA) is 77.3 Å². The van der Waals surface area contributed by atoms with Crippen molar-refractivity contribution in [3.63, 3.8) is 0 Å². The zero-order valence-electron chi connectivity index (χ0n) is 10.7. The van der Waals surface area contributed by atoms with Crippen LogP contribution in [0.5, 0.6) is 0 Å². The lowest BCUT2D eigenvalue weighted by atomic mass is 10.1. The molecule has 0 aliphatic rings. The highest BCUT2D eigenvalue weighted by Gasteiger charge is 2.01. The number of rotatable bonds is 4. The van der Waals surface area contributed by atoms with Gasteiger partial charge in [0, 0.05) is 17.5 Å². The van der Waals surface area contributed by atoms with Crippen molar-refractivity contribution in [3.05, 3.63) is 40.2 Å². The maximum atomic E-state index is 5.28. The summed E-state index contributed by atoms with van der Waals surface area (Å²) < 4.78 is 0. The van der Waals surface area contributed by atoms with Crippen molar-refractivity contribution >= 4 is 41.3 Å². The highest BCUT2D eigenvalue weighted by molar-refractivity contribution is 14.0. The number of aryl methyl sites for hydroxylation is 1. The van der Waals surface area contributed by atoms with Crippen LogP contribution in [0.15, 0.2) is 34.6 Å². The number of aliphatic imine (C=N–C) groups is 1. The number of hydrogen-bond donors (Lipinski definition) is 2. The Kier molecular flexibility index (Phi) is 6.23. The number of aromatic nitrogens is 1. The first kappa shape index (κ1) is 15.9. The molecule has 1 aromatic heterocycles. The van der Waals surface area contributed by atoms with E-state index >= 15 is 0 Å². The normalized spacial score (nSPS) is 9.74. The molecule has 2 rings (SSSR count). The monoisotopic (exact) mass is 388 g/mol. The standard InChI is InChI=1S/C13H16N4S.HI/c1-9-17-12(8-18-9)11-4-2-10(3-5-11)6-7-16-13(14)15;/h2-5,8H,6-7H2,1H3,(H4,14,15,16);1H. The van der Waals surface area contributed by atoms with Crippen molar-refractivity contribution in [1.29, 1.82) is 0 Å². The lowest BCUT2D eigenvalue weighted by Crippen LogP contribution is -2.23. The van der Waals surface area contributed by atoms with E-state index < -0.39 is 0 Å². The molecule has 0 amide bonds. The lowest BCUT2D eigenvalue weighted by Gasteiger charge is -2.01. The number of halogens is 1. The molecule has 0 bridgehead atoms. The maximum absolute atomic E-state index is 5.28. The van der Waals surface area contributed by atoms with E-state index in [1.165, 1.54) is 5.56 Å². The van der Waals surface area contributed by atoms with Gasteiger partial charge in [0.05, 0.1) is 10.7 Å². The molecule has 0 radical (unpaired) electrons. The van der Waals surface area contributed by atoms with Gasteiger partial charge in [-0.25, -0.2) is 4.98 Å². The quantitative estimate of drug-likeness (QED) is 0.480. The fourth-order valence-electron chi connectivity index (χ4n) is 1.65. The third-order valence-electron chi connectivity index (χ3n) is 2.56. The largest absolute Gasteiger partial charge is 0.370 e. The van der Waals surface area contributed by atoms with E-state index in [0.717, 1.165) is 22.7 Å². The second kappa shape index (κ2) is 7.44. The van der Waals surface area contributed by atoms with Crippen molar-refractivity contribution in [2.24, 2.45) is 16.5 Å². The Morgan fingerprint density at radius 1 is 1.26 bits per heavy atom. The van der Waals surface area contributed by atoms with Crippen LogP contribution in [0.1, 0.15) is 10.6 Å². The predicted molar refractivity (Wildman–Crippen MR) is 92.1 cm³/mol. The minimum Gasteiger partial charge on any atom is -0.370 e. The van der Waals surface area contributed by atoms with E-state index in [-0.39, 0.29) is 29.9 Å². The second-order valence-corrected chi connectivity index (χ2v) is 5.07. The van der Waals surface area contributed by atoms with E-state index in [1.807, 2.05) is 6.92 Å². The van der Waals surface area contributed by atoms with Gasteiger partial charge in [-0.15, -0.1) is 35.3 Å². The van der Waals surface area contributed by atoms with Gasteiger partial charge in [0.25, 0.3) is 0 Å². The highest BCUT2D eigenvalue weighted by atomic mass is 127. The van der Waals surface area contributed by atoms with E-state index in [4.69, 9.17) is 11.5 Å². The molecular formula is C13H17IN4S. The van der Waals surface area contributed by atoms with Crippen LogP contribution in [0, 0.1) is 6.92 Å². The molecule has 1 aromatic carbocycles. The molecule has 0 saturated carbocycles. The molecule has 102 valence electrons. The SMILES string of the molecule is Cc1nc(-c2ccc(CCN=C(N)N)cc2)cs1.I. The second-order valence-electron chi connectivity index (χ2n) is 4.01. The summed E-state index contributed by atoms with van der Waals surface area (Å²) in [5.74, 6) is 0.143. The van der Waals surface area contributed by atoms with Gasteiger partial charge in [0.15, 0.2) is 5.96 Å². The average Bonchev–Trinajstić information content (AvgIpc) is 2.76. The average molecular weight is 388 g/mol. The van der Waals surface area contributed by atoms with Crippen LogP contribution in [-0.4, -0.2) is 17.5 Å². The van der Waals surface area contributed by atoms with Crippen molar-refractivity contribution in [2.45, 2.75) is 13.3 Å². The molecule has 1 heterocycles. The van der Waals surface area contributed by atoms with Gasteiger partial charge in [-0.2, -0.15) is 0 Å². The van der Waals surface area contributed by atoms with Crippen LogP contribution in [0.4, 0.5) is 0 Å². The van der Waals surface area contributed by atoms with Crippen LogP contribution in [0.2, 0.25) is 0 Å². The smallest absolute Gasteiger partial charge is 0.185 e. The van der Waals surface area contributed by atoms with Crippen LogP contribution in [-0.2, 0) is 6.42 Å². The zero-order chi connectivity index (χ0) is 13.0. The molecule has 6 heteroatoms. The Bertz CT molecular complexity index is 544. The van der Waals surface area contributed by atoms with Crippen molar-refractivity contribution in [1.82, 2.24) is 4.98 Å². The Morgan fingerprint density at radius 2 is 1.95 bits per heavy atom. The summed E-state index contributed by atoms with van der Waals surface area (Å²) in [4.78, 5) is 8.42. The Balaban J connectivity index is 0.00000180. The van der Waals surface area contributed by atoms with Gasteiger partial charge in [-0.1, -0.05) is 24.3 Å². The van der Waals surface area contributed by atoms with Crippen LogP contribution in [0.3, 0.4) is 0 Å². The van der Waals surface area contributed by atoms with Gasteiger partial charge in [0.2, 0.25) is 0 Å². The molecule has 2 aromatic rings. The summed E-state index contributed by atoms with van der Waals surface area (Å²) in [6, 6.07) is 8.34. The molecule has 0 spiro atoms. The van der Waals surface area contributed by atoms with Gasteiger partial charge >= 0.3 is 0 Å². The minimum atomic E-state index is 0. The lowest BCUT2D eigenvalue weighted by molar-refractivity contribution is 0.962. The van der Waals surface area contributed by atoms with Gasteiger partial charge < -0.3 is 11.5 Å². The predicted octanol–water partition coefficient (Wildman–Crippen LogP) is 2.55. The van der Waals surface area contributed by atoms with E-state index in [9.17, 15) is 0 Å². The maximum Gasteiger partial charge on any atom is 0.185 e. The molecule has 0 aliphatic heterocycles.